The predicted molar refractivity (Wildman–Crippen MR) is 127 cm³/mol. The molecule has 2 heterocycles. The predicted octanol–water partition coefficient (Wildman–Crippen LogP) is 3.93. The van der Waals surface area contributed by atoms with E-state index in [2.05, 4.69) is 28.4 Å². The van der Waals surface area contributed by atoms with Crippen molar-refractivity contribution in [3.8, 4) is 23.3 Å². The number of anilines is 1. The topological polar surface area (TPSA) is 105 Å². The molecule has 1 fully saturated rings. The van der Waals surface area contributed by atoms with E-state index in [9.17, 15) is 13.6 Å². The van der Waals surface area contributed by atoms with Crippen molar-refractivity contribution in [3.05, 3.63) is 89.9 Å². The van der Waals surface area contributed by atoms with Crippen LogP contribution >= 0.6 is 0 Å². The van der Waals surface area contributed by atoms with Gasteiger partial charge in [-0.15, -0.1) is 0 Å². The second-order valence-corrected chi connectivity index (χ2v) is 7.80. The molecule has 1 aliphatic heterocycles. The van der Waals surface area contributed by atoms with Gasteiger partial charge < -0.3 is 15.4 Å². The minimum Gasteiger partial charge on any atom is -0.457 e. The lowest BCUT2D eigenvalue weighted by Crippen LogP contribution is -2.26. The Morgan fingerprint density at radius 1 is 1.23 bits per heavy atom. The molecule has 1 saturated heterocycles. The van der Waals surface area contributed by atoms with Gasteiger partial charge in [-0.2, -0.15) is 0 Å². The number of hydrogen-bond acceptors (Lipinski definition) is 6. The lowest BCUT2D eigenvalue weighted by atomic mass is 10.00. The van der Waals surface area contributed by atoms with Crippen LogP contribution in [0.5, 0.6) is 11.5 Å². The van der Waals surface area contributed by atoms with Gasteiger partial charge in [0.1, 0.15) is 41.0 Å². The number of likely N-dealkylation sites (tertiary alicyclic amines) is 1. The Morgan fingerprint density at radius 2 is 2.03 bits per heavy atom. The fourth-order valence-corrected chi connectivity index (χ4v) is 3.68. The zero-order valence-electron chi connectivity index (χ0n) is 18.6. The zero-order chi connectivity index (χ0) is 24.9. The fraction of sp³-hybridized carbons (Fsp3) is 0.154. The van der Waals surface area contributed by atoms with Gasteiger partial charge >= 0.3 is 0 Å². The number of amides is 1. The number of rotatable bonds is 5. The molecule has 7 nitrogen and oxygen atoms in total. The maximum atomic E-state index is 15.0. The van der Waals surface area contributed by atoms with Crippen LogP contribution in [0, 0.1) is 34.8 Å². The molecule has 0 saturated carbocycles. The van der Waals surface area contributed by atoms with E-state index in [0.29, 0.717) is 19.5 Å². The van der Waals surface area contributed by atoms with E-state index in [1.54, 1.807) is 11.0 Å². The number of aromatic nitrogens is 2. The van der Waals surface area contributed by atoms with Crippen LogP contribution in [0.25, 0.3) is 0 Å². The molecular weight excluding hydrogens is 452 g/mol. The van der Waals surface area contributed by atoms with Crippen LogP contribution in [0.4, 0.5) is 14.6 Å². The summed E-state index contributed by atoms with van der Waals surface area (Å²) in [5, 5.41) is 8.59. The highest BCUT2D eigenvalue weighted by atomic mass is 19.1. The summed E-state index contributed by atoms with van der Waals surface area (Å²) in [4.78, 5) is 21.5. The van der Waals surface area contributed by atoms with Crippen molar-refractivity contribution < 1.29 is 18.3 Å². The SMILES string of the molecule is C=CC(=O)N1CC[C@@H](C#Cc2ncnc(N)c2C(=N)c2ccc(Oc3cccc(F)c3)cc2F)C1. The van der Waals surface area contributed by atoms with Crippen molar-refractivity contribution in [2.45, 2.75) is 6.42 Å². The van der Waals surface area contributed by atoms with E-state index in [1.807, 2.05) is 0 Å². The van der Waals surface area contributed by atoms with Gasteiger partial charge in [-0.3, -0.25) is 10.2 Å². The second-order valence-electron chi connectivity index (χ2n) is 7.80. The summed E-state index contributed by atoms with van der Waals surface area (Å²) < 4.78 is 33.8. The number of carbonyl (C=O) groups is 1. The summed E-state index contributed by atoms with van der Waals surface area (Å²) in [6.07, 6.45) is 3.19. The number of hydrogen-bond donors (Lipinski definition) is 2. The molecule has 176 valence electrons. The lowest BCUT2D eigenvalue weighted by molar-refractivity contribution is -0.125. The fourth-order valence-electron chi connectivity index (χ4n) is 3.68. The molecule has 0 spiro atoms. The maximum Gasteiger partial charge on any atom is 0.245 e. The average Bonchev–Trinajstić information content (AvgIpc) is 3.31. The highest BCUT2D eigenvalue weighted by Crippen LogP contribution is 2.26. The summed E-state index contributed by atoms with van der Waals surface area (Å²) in [6, 6.07) is 9.40. The third-order valence-electron chi connectivity index (χ3n) is 5.44. The van der Waals surface area contributed by atoms with E-state index >= 15 is 0 Å². The molecule has 3 aromatic rings. The van der Waals surface area contributed by atoms with Gasteiger partial charge in [0, 0.05) is 36.7 Å². The van der Waals surface area contributed by atoms with Crippen LogP contribution in [0.2, 0.25) is 0 Å². The molecule has 1 aliphatic rings. The van der Waals surface area contributed by atoms with Crippen molar-refractivity contribution in [2.75, 3.05) is 18.8 Å². The van der Waals surface area contributed by atoms with Crippen LogP contribution in [-0.2, 0) is 4.79 Å². The first-order valence-electron chi connectivity index (χ1n) is 10.7. The summed E-state index contributed by atoms with van der Waals surface area (Å²) in [7, 11) is 0. The van der Waals surface area contributed by atoms with Crippen molar-refractivity contribution in [2.24, 2.45) is 5.92 Å². The van der Waals surface area contributed by atoms with Gasteiger partial charge in [-0.1, -0.05) is 18.6 Å². The van der Waals surface area contributed by atoms with Gasteiger partial charge in [-0.25, -0.2) is 18.7 Å². The quantitative estimate of drug-likeness (QED) is 0.332. The smallest absolute Gasteiger partial charge is 0.245 e. The first kappa shape index (κ1) is 23.6. The average molecular weight is 473 g/mol. The standard InChI is InChI=1S/C26H21F2N5O2/c1-2-23(34)33-11-10-16(14-33)6-9-22-24(26(30)32-15-31-22)25(29)20-8-7-19(13-21(20)28)35-18-5-3-4-17(27)12-18/h2-5,7-8,12-13,15-16,29H,1,10-11,14H2,(H2,30,31,32)/t16-/m1/s1. The third-order valence-corrected chi connectivity index (χ3v) is 5.44. The molecule has 0 unspecified atom stereocenters. The number of halogens is 2. The molecule has 9 heteroatoms. The highest BCUT2D eigenvalue weighted by molar-refractivity contribution is 6.14. The van der Waals surface area contributed by atoms with Gasteiger partial charge in [0.2, 0.25) is 5.91 Å². The van der Waals surface area contributed by atoms with E-state index in [0.717, 1.165) is 6.07 Å². The lowest BCUT2D eigenvalue weighted by Gasteiger charge is -2.12. The molecule has 4 rings (SSSR count). The monoisotopic (exact) mass is 473 g/mol. The van der Waals surface area contributed by atoms with Crippen molar-refractivity contribution in [3.63, 3.8) is 0 Å². The van der Waals surface area contributed by atoms with Crippen molar-refractivity contribution >= 4 is 17.4 Å². The van der Waals surface area contributed by atoms with Crippen LogP contribution in [0.15, 0.2) is 61.4 Å². The van der Waals surface area contributed by atoms with Gasteiger partial charge in [0.15, 0.2) is 0 Å². The van der Waals surface area contributed by atoms with Crippen LogP contribution in [0.1, 0.15) is 23.2 Å². The first-order valence-corrected chi connectivity index (χ1v) is 10.7. The van der Waals surface area contributed by atoms with Gasteiger partial charge in [0.05, 0.1) is 11.3 Å². The molecule has 3 N–H and O–H groups in total. The molecule has 2 aromatic carbocycles. The highest BCUT2D eigenvalue weighted by Gasteiger charge is 2.24. The van der Waals surface area contributed by atoms with Crippen LogP contribution in [0.3, 0.4) is 0 Å². The number of nitrogens with zero attached hydrogens (tertiary/aromatic N) is 3. The van der Waals surface area contributed by atoms with E-state index in [1.165, 1.54) is 42.7 Å². The van der Waals surface area contributed by atoms with Crippen LogP contribution < -0.4 is 10.5 Å². The van der Waals surface area contributed by atoms with Crippen molar-refractivity contribution in [1.29, 1.82) is 5.41 Å². The normalized spacial score (nSPS) is 14.7. The first-order chi connectivity index (χ1) is 16.9. The number of benzene rings is 2. The molecule has 0 bridgehead atoms. The second kappa shape index (κ2) is 10.1. The number of nitrogens with one attached hydrogen (secondary N) is 1. The molecule has 1 aromatic heterocycles. The van der Waals surface area contributed by atoms with Crippen molar-refractivity contribution in [1.82, 2.24) is 14.9 Å². The Hall–Kier alpha value is -4.58. The van der Waals surface area contributed by atoms with E-state index in [-0.39, 0.29) is 51.7 Å². The molecule has 1 atom stereocenters. The van der Waals surface area contributed by atoms with E-state index < -0.39 is 11.6 Å². The summed E-state index contributed by atoms with van der Waals surface area (Å²) >= 11 is 0. The minimum atomic E-state index is -0.736. The number of carbonyl (C=O) groups excluding carboxylic acids is 1. The Balaban J connectivity index is 1.58. The Kier molecular flexibility index (Phi) is 6.83. The Bertz CT molecular complexity index is 1380. The summed E-state index contributed by atoms with van der Waals surface area (Å²) in [5.74, 6) is 4.90. The Labute approximate surface area is 200 Å². The van der Waals surface area contributed by atoms with Gasteiger partial charge in [0.25, 0.3) is 0 Å². The number of nitrogens with two attached hydrogens (primary N) is 1. The molecule has 35 heavy (non-hydrogen) atoms. The maximum absolute atomic E-state index is 15.0. The molecule has 1 amide bonds. The Morgan fingerprint density at radius 3 is 2.77 bits per heavy atom. The zero-order valence-corrected chi connectivity index (χ0v) is 18.6. The molecule has 0 radical (unpaired) electrons. The largest absolute Gasteiger partial charge is 0.457 e. The third kappa shape index (κ3) is 5.33. The molecular formula is C26H21F2N5O2. The number of ether oxygens (including phenoxy) is 1. The minimum absolute atomic E-state index is 0.0105. The summed E-state index contributed by atoms with van der Waals surface area (Å²) in [5.41, 5.74) is 6.02. The van der Waals surface area contributed by atoms with E-state index in [4.69, 9.17) is 15.9 Å². The number of nitrogen functional groups attached to an aromatic ring is 1. The molecule has 0 aliphatic carbocycles. The summed E-state index contributed by atoms with van der Waals surface area (Å²) in [6.45, 7) is 4.54. The van der Waals surface area contributed by atoms with Gasteiger partial charge in [-0.05, 0) is 42.7 Å². The van der Waals surface area contributed by atoms with Crippen LogP contribution in [-0.4, -0.2) is 39.6 Å².